The maximum Gasteiger partial charge on any atom is 0.271 e. The summed E-state index contributed by atoms with van der Waals surface area (Å²) in [6.45, 7) is 1.42. The Morgan fingerprint density at radius 1 is 1.50 bits per heavy atom. The van der Waals surface area contributed by atoms with Gasteiger partial charge in [-0.1, -0.05) is 6.07 Å². The predicted octanol–water partition coefficient (Wildman–Crippen LogP) is 0.702. The van der Waals surface area contributed by atoms with Gasteiger partial charge in [0.05, 0.1) is 17.0 Å². The van der Waals surface area contributed by atoms with E-state index >= 15 is 0 Å². The van der Waals surface area contributed by atoms with Gasteiger partial charge in [-0.15, -0.1) is 15.0 Å². The first kappa shape index (κ1) is 11.8. The molecule has 0 radical (unpaired) electrons. The highest BCUT2D eigenvalue weighted by atomic mass is 16.6. The Balaban J connectivity index is 2.31. The van der Waals surface area contributed by atoms with Crippen LogP contribution in [-0.4, -0.2) is 30.9 Å². The number of nitro benzene ring substituents is 1. The molecule has 1 aromatic heterocycles. The molecule has 0 spiro atoms. The van der Waals surface area contributed by atoms with Gasteiger partial charge < -0.3 is 0 Å². The lowest BCUT2D eigenvalue weighted by Crippen LogP contribution is -2.02. The van der Waals surface area contributed by atoms with Crippen molar-refractivity contribution < 1.29 is 9.72 Å². The second kappa shape index (κ2) is 4.70. The summed E-state index contributed by atoms with van der Waals surface area (Å²) in [6.07, 6.45) is 0.0922. The van der Waals surface area contributed by atoms with Crippen molar-refractivity contribution in [2.75, 3.05) is 0 Å². The topological polar surface area (TPSA) is 104 Å². The maximum atomic E-state index is 10.9. The molecule has 0 unspecified atom stereocenters. The van der Waals surface area contributed by atoms with Crippen LogP contribution in [0.25, 0.3) is 5.69 Å². The van der Waals surface area contributed by atoms with E-state index in [9.17, 15) is 14.9 Å². The number of Topliss-reactive ketones (excluding diaryl/α,β-unsaturated/α-hetero) is 1. The third-order valence-corrected chi connectivity index (χ3v) is 2.13. The monoisotopic (exact) mass is 247 g/mol. The summed E-state index contributed by atoms with van der Waals surface area (Å²) < 4.78 is 0. The molecule has 1 heterocycles. The molecule has 0 N–H and O–H groups in total. The van der Waals surface area contributed by atoms with Gasteiger partial charge in [-0.05, 0) is 18.2 Å². The van der Waals surface area contributed by atoms with Crippen LogP contribution < -0.4 is 0 Å². The molecule has 0 aliphatic carbocycles. The summed E-state index contributed by atoms with van der Waals surface area (Å²) >= 11 is 0. The minimum atomic E-state index is -0.503. The van der Waals surface area contributed by atoms with Crippen LogP contribution in [0.1, 0.15) is 12.7 Å². The van der Waals surface area contributed by atoms with Crippen LogP contribution in [0, 0.1) is 10.1 Å². The molecule has 92 valence electrons. The predicted molar refractivity (Wildman–Crippen MR) is 60.2 cm³/mol. The quantitative estimate of drug-likeness (QED) is 0.581. The van der Waals surface area contributed by atoms with Crippen molar-refractivity contribution in [3.05, 3.63) is 40.2 Å². The second-order valence-electron chi connectivity index (χ2n) is 3.65. The van der Waals surface area contributed by atoms with E-state index in [0.717, 1.165) is 4.80 Å². The van der Waals surface area contributed by atoms with E-state index in [0.29, 0.717) is 5.69 Å². The average Bonchev–Trinajstić information content (AvgIpc) is 2.77. The third kappa shape index (κ3) is 2.54. The Hall–Kier alpha value is -2.64. The molecule has 0 saturated carbocycles. The number of hydrogen-bond donors (Lipinski definition) is 0. The largest absolute Gasteiger partial charge is 0.300 e. The summed E-state index contributed by atoms with van der Waals surface area (Å²) in [5.41, 5.74) is 0.365. The lowest BCUT2D eigenvalue weighted by Gasteiger charge is -1.97. The molecule has 8 heteroatoms. The van der Waals surface area contributed by atoms with Crippen molar-refractivity contribution in [2.24, 2.45) is 0 Å². The highest BCUT2D eigenvalue weighted by Gasteiger charge is 2.10. The van der Waals surface area contributed by atoms with Gasteiger partial charge in [-0.3, -0.25) is 14.9 Å². The van der Waals surface area contributed by atoms with Crippen LogP contribution in [0.4, 0.5) is 5.69 Å². The Labute approximate surface area is 101 Å². The number of non-ortho nitro benzene ring substituents is 1. The smallest absolute Gasteiger partial charge is 0.271 e. The molecule has 2 aromatic rings. The molecule has 0 aliphatic rings. The fourth-order valence-electron chi connectivity index (χ4n) is 1.38. The van der Waals surface area contributed by atoms with Gasteiger partial charge in [0.15, 0.2) is 5.82 Å². The van der Waals surface area contributed by atoms with Crippen LogP contribution in [0.5, 0.6) is 0 Å². The lowest BCUT2D eigenvalue weighted by molar-refractivity contribution is -0.384. The highest BCUT2D eigenvalue weighted by molar-refractivity contribution is 5.77. The van der Waals surface area contributed by atoms with Crippen molar-refractivity contribution >= 4 is 11.5 Å². The van der Waals surface area contributed by atoms with E-state index in [-0.39, 0.29) is 23.7 Å². The van der Waals surface area contributed by atoms with Crippen molar-refractivity contribution in [2.45, 2.75) is 13.3 Å². The second-order valence-corrected chi connectivity index (χ2v) is 3.65. The number of tetrazole rings is 1. The number of hydrogen-bond acceptors (Lipinski definition) is 6. The molecule has 18 heavy (non-hydrogen) atoms. The van der Waals surface area contributed by atoms with E-state index in [1.807, 2.05) is 0 Å². The van der Waals surface area contributed by atoms with Crippen molar-refractivity contribution in [1.82, 2.24) is 20.2 Å². The Kier molecular flexibility index (Phi) is 3.09. The summed E-state index contributed by atoms with van der Waals surface area (Å²) in [5, 5.41) is 22.0. The molecule has 0 amide bonds. The Morgan fingerprint density at radius 3 is 2.94 bits per heavy atom. The van der Waals surface area contributed by atoms with Crippen LogP contribution >= 0.6 is 0 Å². The Morgan fingerprint density at radius 2 is 2.28 bits per heavy atom. The number of ketones is 1. The third-order valence-electron chi connectivity index (χ3n) is 2.13. The molecular weight excluding hydrogens is 238 g/mol. The van der Waals surface area contributed by atoms with E-state index in [1.54, 1.807) is 6.07 Å². The molecule has 1 aromatic carbocycles. The minimum Gasteiger partial charge on any atom is -0.300 e. The minimum absolute atomic E-state index is 0.0575. The van der Waals surface area contributed by atoms with Gasteiger partial charge in [0.25, 0.3) is 5.69 Å². The molecular formula is C10H9N5O3. The van der Waals surface area contributed by atoms with Gasteiger partial charge >= 0.3 is 0 Å². The lowest BCUT2D eigenvalue weighted by atomic mass is 10.3. The Bertz CT molecular complexity index is 607. The normalized spacial score (nSPS) is 10.3. The number of nitrogens with zero attached hydrogens (tertiary/aromatic N) is 5. The number of carbonyl (C=O) groups excluding carboxylic acids is 1. The molecule has 0 aliphatic heterocycles. The van der Waals surface area contributed by atoms with Crippen molar-refractivity contribution in [1.29, 1.82) is 0 Å². The number of carbonyl (C=O) groups is 1. The molecule has 8 nitrogen and oxygen atoms in total. The summed E-state index contributed by atoms with van der Waals surface area (Å²) in [7, 11) is 0. The summed E-state index contributed by atoms with van der Waals surface area (Å²) in [6, 6.07) is 5.85. The van der Waals surface area contributed by atoms with Gasteiger partial charge in [-0.2, -0.15) is 0 Å². The first-order chi connectivity index (χ1) is 8.56. The summed E-state index contributed by atoms with van der Waals surface area (Å²) in [4.78, 5) is 22.2. The molecule has 2 rings (SSSR count). The maximum absolute atomic E-state index is 10.9. The average molecular weight is 247 g/mol. The first-order valence-corrected chi connectivity index (χ1v) is 5.09. The number of rotatable bonds is 4. The van der Waals surface area contributed by atoms with Gasteiger partial charge in [0, 0.05) is 12.1 Å². The first-order valence-electron chi connectivity index (χ1n) is 5.09. The van der Waals surface area contributed by atoms with E-state index in [1.165, 1.54) is 25.1 Å². The fourth-order valence-corrected chi connectivity index (χ4v) is 1.38. The van der Waals surface area contributed by atoms with Gasteiger partial charge in [-0.25, -0.2) is 0 Å². The van der Waals surface area contributed by atoms with E-state index in [2.05, 4.69) is 15.4 Å². The highest BCUT2D eigenvalue weighted by Crippen LogP contribution is 2.14. The van der Waals surface area contributed by atoms with Crippen molar-refractivity contribution in [3.63, 3.8) is 0 Å². The fraction of sp³-hybridized carbons (Fsp3) is 0.200. The molecule has 0 atom stereocenters. The number of benzene rings is 1. The molecule has 0 bridgehead atoms. The van der Waals surface area contributed by atoms with Gasteiger partial charge in [0.2, 0.25) is 0 Å². The zero-order valence-corrected chi connectivity index (χ0v) is 9.48. The van der Waals surface area contributed by atoms with Crippen LogP contribution in [0.3, 0.4) is 0 Å². The van der Waals surface area contributed by atoms with E-state index in [4.69, 9.17) is 0 Å². The summed E-state index contributed by atoms with van der Waals surface area (Å²) in [5.74, 6) is 0.211. The van der Waals surface area contributed by atoms with Crippen LogP contribution in [-0.2, 0) is 11.2 Å². The van der Waals surface area contributed by atoms with Crippen LogP contribution in [0.2, 0.25) is 0 Å². The van der Waals surface area contributed by atoms with Crippen molar-refractivity contribution in [3.8, 4) is 5.69 Å². The SMILES string of the molecule is CC(=O)Cc1nnn(-c2cccc([N+](=O)[O-])c2)n1. The molecule has 0 fully saturated rings. The zero-order chi connectivity index (χ0) is 13.1. The zero-order valence-electron chi connectivity index (χ0n) is 9.48. The van der Waals surface area contributed by atoms with E-state index < -0.39 is 4.92 Å². The standard InChI is InChI=1S/C10H9N5O3/c1-7(16)5-10-11-13-14(12-10)8-3-2-4-9(6-8)15(17)18/h2-4,6H,5H2,1H3. The van der Waals surface area contributed by atoms with Crippen LogP contribution in [0.15, 0.2) is 24.3 Å². The molecule has 0 saturated heterocycles. The van der Waals surface area contributed by atoms with Gasteiger partial charge in [0.1, 0.15) is 5.78 Å². The number of aromatic nitrogens is 4. The number of nitro groups is 1.